The highest BCUT2D eigenvalue weighted by Gasteiger charge is 2.44. The lowest BCUT2D eigenvalue weighted by Gasteiger charge is -2.17. The van der Waals surface area contributed by atoms with Crippen LogP contribution in [0.3, 0.4) is 0 Å². The van der Waals surface area contributed by atoms with Crippen molar-refractivity contribution in [3.8, 4) is 11.8 Å². The van der Waals surface area contributed by atoms with E-state index >= 15 is 0 Å². The third-order valence-electron chi connectivity index (χ3n) is 4.99. The Morgan fingerprint density at radius 1 is 1.00 bits per heavy atom. The van der Waals surface area contributed by atoms with Crippen LogP contribution < -0.4 is 10.5 Å². The van der Waals surface area contributed by atoms with Gasteiger partial charge in [-0.05, 0) is 18.2 Å². The molecule has 1 fully saturated rings. The summed E-state index contributed by atoms with van der Waals surface area (Å²) in [4.78, 5) is 11.6. The molecule has 16 heteroatoms. The molecule has 0 radical (unpaired) electrons. The van der Waals surface area contributed by atoms with Gasteiger partial charge in [-0.2, -0.15) is 36.3 Å². The number of nitrogen functional groups attached to an aromatic ring is 1. The smallest absolute Gasteiger partial charge is 0.416 e. The minimum atomic E-state index is -5.10. The van der Waals surface area contributed by atoms with E-state index < -0.39 is 66.4 Å². The Hall–Kier alpha value is -3.21. The number of nitrogens with zero attached hydrogens (tertiary/aromatic N) is 4. The maximum atomic E-state index is 13.1. The van der Waals surface area contributed by atoms with Crippen molar-refractivity contribution >= 4 is 17.0 Å². The van der Waals surface area contributed by atoms with E-state index in [0.29, 0.717) is 12.1 Å². The maximum absolute atomic E-state index is 13.1. The number of benzene rings is 1. The summed E-state index contributed by atoms with van der Waals surface area (Å²) in [5.74, 6) is -1.20. The number of hydrogen-bond donors (Lipinski definition) is 4. The summed E-state index contributed by atoms with van der Waals surface area (Å²) in [6.45, 7) is -0.621. The van der Waals surface area contributed by atoms with Crippen LogP contribution in [0.2, 0.25) is 0 Å². The molecule has 2 aromatic heterocycles. The molecule has 34 heavy (non-hydrogen) atoms. The fourth-order valence-electron chi connectivity index (χ4n) is 3.35. The van der Waals surface area contributed by atoms with Gasteiger partial charge in [-0.15, -0.1) is 0 Å². The Labute approximate surface area is 185 Å². The van der Waals surface area contributed by atoms with Gasteiger partial charge in [0.15, 0.2) is 23.2 Å². The van der Waals surface area contributed by atoms with Crippen molar-refractivity contribution in [3.63, 3.8) is 0 Å². The fourth-order valence-corrected chi connectivity index (χ4v) is 3.35. The maximum Gasteiger partial charge on any atom is 0.416 e. The van der Waals surface area contributed by atoms with Gasteiger partial charge in [0.1, 0.15) is 24.1 Å². The number of halogens is 6. The zero-order valence-electron chi connectivity index (χ0n) is 16.6. The Morgan fingerprint density at radius 2 is 1.62 bits per heavy atom. The lowest BCUT2D eigenvalue weighted by Crippen LogP contribution is -2.33. The van der Waals surface area contributed by atoms with Crippen molar-refractivity contribution < 1.29 is 51.1 Å². The van der Waals surface area contributed by atoms with Crippen molar-refractivity contribution in [3.05, 3.63) is 35.7 Å². The minimum Gasteiger partial charge on any atom is -0.424 e. The van der Waals surface area contributed by atoms with Crippen molar-refractivity contribution in [1.29, 1.82) is 0 Å². The molecule has 0 saturated carbocycles. The molecule has 3 heterocycles. The van der Waals surface area contributed by atoms with Gasteiger partial charge in [0.2, 0.25) is 0 Å². The zero-order valence-corrected chi connectivity index (χ0v) is 16.6. The number of alkyl halides is 6. The first kappa shape index (κ1) is 23.9. The molecule has 2 unspecified atom stereocenters. The predicted molar refractivity (Wildman–Crippen MR) is 99.3 cm³/mol. The second kappa shape index (κ2) is 8.23. The molecule has 1 aromatic carbocycles. The number of ether oxygens (including phenoxy) is 2. The number of imidazole rings is 1. The molecule has 4 rings (SSSR count). The van der Waals surface area contributed by atoms with Gasteiger partial charge in [-0.25, -0.2) is 4.98 Å². The molecule has 0 spiro atoms. The number of anilines is 1. The minimum absolute atomic E-state index is 0.0508. The van der Waals surface area contributed by atoms with Gasteiger partial charge in [-0.3, -0.25) is 4.57 Å². The Balaban J connectivity index is 1.75. The Morgan fingerprint density at radius 3 is 2.15 bits per heavy atom. The largest absolute Gasteiger partial charge is 0.424 e. The Kier molecular flexibility index (Phi) is 5.79. The number of aliphatic hydroxyl groups excluding tert-OH is 3. The van der Waals surface area contributed by atoms with E-state index in [2.05, 4.69) is 15.0 Å². The van der Waals surface area contributed by atoms with Crippen LogP contribution in [0.15, 0.2) is 24.5 Å². The molecule has 1 aliphatic heterocycles. The molecule has 1 aliphatic rings. The third-order valence-corrected chi connectivity index (χ3v) is 4.99. The number of hydrogen-bond acceptors (Lipinski definition) is 9. The normalized spacial score (nSPS) is 23.6. The predicted octanol–water partition coefficient (Wildman–Crippen LogP) is 1.85. The third kappa shape index (κ3) is 4.31. The molecule has 1 saturated heterocycles. The van der Waals surface area contributed by atoms with E-state index in [1.165, 1.54) is 0 Å². The summed E-state index contributed by atoms with van der Waals surface area (Å²) >= 11 is 0. The van der Waals surface area contributed by atoms with Crippen LogP contribution in [0, 0.1) is 0 Å². The topological polar surface area (TPSA) is 149 Å². The molecular weight excluding hydrogens is 480 g/mol. The highest BCUT2D eigenvalue weighted by molar-refractivity contribution is 5.82. The number of aliphatic hydroxyl groups is 3. The average Bonchev–Trinajstić information content (AvgIpc) is 3.28. The molecule has 10 nitrogen and oxygen atoms in total. The van der Waals surface area contributed by atoms with Crippen LogP contribution >= 0.6 is 0 Å². The zero-order chi connectivity index (χ0) is 25.0. The summed E-state index contributed by atoms with van der Waals surface area (Å²) in [7, 11) is 0. The summed E-state index contributed by atoms with van der Waals surface area (Å²) in [5.41, 5.74) is 2.34. The van der Waals surface area contributed by atoms with Crippen LogP contribution in [0.5, 0.6) is 11.8 Å². The van der Waals surface area contributed by atoms with Crippen molar-refractivity contribution in [2.24, 2.45) is 0 Å². The number of rotatable bonds is 4. The van der Waals surface area contributed by atoms with Crippen LogP contribution in [-0.4, -0.2) is 59.8 Å². The van der Waals surface area contributed by atoms with E-state index in [-0.39, 0.29) is 23.0 Å². The van der Waals surface area contributed by atoms with Crippen LogP contribution in [0.25, 0.3) is 11.2 Å². The van der Waals surface area contributed by atoms with E-state index in [1.54, 1.807) is 0 Å². The molecule has 0 amide bonds. The first-order valence-electron chi connectivity index (χ1n) is 9.39. The number of aromatic nitrogens is 4. The highest BCUT2D eigenvalue weighted by Crippen LogP contribution is 2.39. The van der Waals surface area contributed by atoms with Gasteiger partial charge >= 0.3 is 18.4 Å². The second-order valence-corrected chi connectivity index (χ2v) is 7.29. The number of nitrogens with two attached hydrogens (primary N) is 1. The van der Waals surface area contributed by atoms with Gasteiger partial charge in [0, 0.05) is 0 Å². The van der Waals surface area contributed by atoms with E-state index in [4.69, 9.17) is 15.2 Å². The molecule has 0 bridgehead atoms. The first-order valence-corrected chi connectivity index (χ1v) is 9.39. The molecule has 5 N–H and O–H groups in total. The quantitative estimate of drug-likeness (QED) is 0.398. The van der Waals surface area contributed by atoms with Crippen LogP contribution in [0.1, 0.15) is 17.4 Å². The van der Waals surface area contributed by atoms with Gasteiger partial charge in [0.05, 0.1) is 24.1 Å². The van der Waals surface area contributed by atoms with Gasteiger partial charge in [0.25, 0.3) is 0 Å². The SMILES string of the molecule is Nc1nc(Oc2cc(C(F)(F)F)cc(C(F)(F)F)c2)nc2c1ncn2[C@@H]1OC(CO)C(O)[C@H]1O. The lowest BCUT2D eigenvalue weighted by molar-refractivity contribution is -0.143. The van der Waals surface area contributed by atoms with E-state index in [9.17, 15) is 41.7 Å². The molecule has 4 atom stereocenters. The van der Waals surface area contributed by atoms with Crippen molar-refractivity contribution in [2.75, 3.05) is 12.3 Å². The highest BCUT2D eigenvalue weighted by atomic mass is 19.4. The number of fused-ring (bicyclic) bond motifs is 1. The fraction of sp³-hybridized carbons (Fsp3) is 0.389. The summed E-state index contributed by atoms with van der Waals surface area (Å²) < 4.78 is 90.1. The van der Waals surface area contributed by atoms with Crippen LogP contribution in [0.4, 0.5) is 32.2 Å². The first-order chi connectivity index (χ1) is 15.8. The van der Waals surface area contributed by atoms with Gasteiger partial charge in [-0.1, -0.05) is 0 Å². The molecule has 3 aromatic rings. The monoisotopic (exact) mass is 495 g/mol. The molecule has 0 aliphatic carbocycles. The van der Waals surface area contributed by atoms with E-state index in [1.807, 2.05) is 0 Å². The summed E-state index contributed by atoms with van der Waals surface area (Å²) in [6.07, 6.45) is -14.5. The average molecular weight is 495 g/mol. The van der Waals surface area contributed by atoms with Gasteiger partial charge < -0.3 is 30.5 Å². The summed E-state index contributed by atoms with van der Waals surface area (Å²) in [6, 6.07) is -0.113. The standard InChI is InChI=1S/C18H15F6N5O5/c19-17(20,21)6-1-7(18(22,23)24)3-8(2-6)33-16-27-13(25)10-14(28-16)29(5-26-10)15-12(32)11(31)9(4-30)34-15/h1-3,5,9,11-12,15,30-32H,4H2,(H2,25,27,28)/t9?,11?,12-,15-/m1/s1. The molecular formula is C18H15F6N5O5. The van der Waals surface area contributed by atoms with E-state index in [0.717, 1.165) is 10.9 Å². The lowest BCUT2D eigenvalue weighted by atomic mass is 10.1. The van der Waals surface area contributed by atoms with Crippen molar-refractivity contribution in [2.45, 2.75) is 36.9 Å². The van der Waals surface area contributed by atoms with Crippen molar-refractivity contribution in [1.82, 2.24) is 19.5 Å². The van der Waals surface area contributed by atoms with Crippen LogP contribution in [-0.2, 0) is 17.1 Å². The summed E-state index contributed by atoms with van der Waals surface area (Å²) in [5, 5.41) is 29.4. The Bertz CT molecular complexity index is 1180. The molecule has 184 valence electrons. The second-order valence-electron chi connectivity index (χ2n) is 7.29.